The molecule has 0 rings (SSSR count). The molecular weight excluding hydrogens is 144 g/mol. The van der Waals surface area contributed by atoms with Crippen LogP contribution in [0.5, 0.6) is 0 Å². The second kappa shape index (κ2) is 5.56. The predicted molar refractivity (Wildman–Crippen MR) is 37.1 cm³/mol. The van der Waals surface area contributed by atoms with E-state index in [-0.39, 0.29) is 15.4 Å². The van der Waals surface area contributed by atoms with E-state index in [2.05, 4.69) is 0 Å². The molecular formula is C4H11ClO2Si. The maximum Gasteiger partial charge on any atom is 0.135 e. The highest BCUT2D eigenvalue weighted by Gasteiger charge is 2.01. The van der Waals surface area contributed by atoms with Crippen molar-refractivity contribution in [3.8, 4) is 0 Å². The van der Waals surface area contributed by atoms with Crippen LogP contribution in [-0.4, -0.2) is 35.2 Å². The largest absolute Gasteiger partial charge is 0.360 e. The van der Waals surface area contributed by atoms with Crippen molar-refractivity contribution < 1.29 is 9.47 Å². The van der Waals surface area contributed by atoms with E-state index in [4.69, 9.17) is 21.1 Å². The van der Waals surface area contributed by atoms with Crippen molar-refractivity contribution in [1.82, 2.24) is 0 Å². The highest BCUT2D eigenvalue weighted by atomic mass is 35.5. The highest BCUT2D eigenvalue weighted by molar-refractivity contribution is 6.50. The Morgan fingerprint density at radius 3 is 2.12 bits per heavy atom. The maximum atomic E-state index is 5.46. The summed E-state index contributed by atoms with van der Waals surface area (Å²) in [6.07, 6.45) is 0. The van der Waals surface area contributed by atoms with Gasteiger partial charge in [-0.05, 0) is 0 Å². The molecule has 0 atom stereocenters. The zero-order chi connectivity index (χ0) is 6.41. The Hall–Kier alpha value is 0.427. The monoisotopic (exact) mass is 154 g/mol. The van der Waals surface area contributed by atoms with E-state index in [0.29, 0.717) is 5.50 Å². The first kappa shape index (κ1) is 8.43. The summed E-state index contributed by atoms with van der Waals surface area (Å²) >= 11 is 5.46. The topological polar surface area (TPSA) is 18.5 Å². The number of methoxy groups -OCH3 is 2. The van der Waals surface area contributed by atoms with Gasteiger partial charge in [0.2, 0.25) is 0 Å². The Bertz CT molecular complexity index is 49.3. The molecule has 50 valence electrons. The fourth-order valence-corrected chi connectivity index (χ4v) is 1.61. The number of halogens is 1. The lowest BCUT2D eigenvalue weighted by atomic mass is 11.3. The molecule has 0 N–H and O–H groups in total. The van der Waals surface area contributed by atoms with E-state index < -0.39 is 0 Å². The van der Waals surface area contributed by atoms with Crippen molar-refractivity contribution in [2.45, 2.75) is 5.91 Å². The van der Waals surface area contributed by atoms with Gasteiger partial charge in [0, 0.05) is 19.7 Å². The van der Waals surface area contributed by atoms with Crippen LogP contribution in [0.4, 0.5) is 0 Å². The van der Waals surface area contributed by atoms with Crippen LogP contribution in [0.1, 0.15) is 0 Å². The van der Waals surface area contributed by atoms with E-state index in [1.807, 2.05) is 0 Å². The highest BCUT2D eigenvalue weighted by Crippen LogP contribution is 1.87. The molecule has 0 unspecified atom stereocenters. The summed E-state index contributed by atoms with van der Waals surface area (Å²) in [7, 11) is 2.92. The van der Waals surface area contributed by atoms with Crippen LogP contribution in [0.3, 0.4) is 0 Å². The van der Waals surface area contributed by atoms with Crippen molar-refractivity contribution in [2.75, 3.05) is 19.7 Å². The van der Waals surface area contributed by atoms with Crippen molar-refractivity contribution in [2.24, 2.45) is 0 Å². The Morgan fingerprint density at radius 1 is 1.50 bits per heavy atom. The lowest BCUT2D eigenvalue weighted by Crippen LogP contribution is -2.22. The summed E-state index contributed by atoms with van der Waals surface area (Å²) in [6.45, 7) is 0. The lowest BCUT2D eigenvalue weighted by molar-refractivity contribution is -0.0436. The van der Waals surface area contributed by atoms with Crippen LogP contribution in [0.2, 0.25) is 0 Å². The Labute approximate surface area is 56.9 Å². The molecule has 0 saturated heterocycles. The molecule has 0 aromatic rings. The molecule has 0 spiro atoms. The molecule has 0 aliphatic carbocycles. The van der Waals surface area contributed by atoms with Gasteiger partial charge in [-0.25, -0.2) is 0 Å². The SMILES string of the molecule is COC(OC)[SiH2]CCl. The summed E-state index contributed by atoms with van der Waals surface area (Å²) in [5, 5.41) is 0. The first-order valence-electron chi connectivity index (χ1n) is 2.46. The average Bonchev–Trinajstić information content (AvgIpc) is 1.83. The summed E-state index contributed by atoms with van der Waals surface area (Å²) in [6, 6.07) is 0. The van der Waals surface area contributed by atoms with Crippen LogP contribution in [0.25, 0.3) is 0 Å². The fraction of sp³-hybridized carbons (Fsp3) is 1.00. The Balaban J connectivity index is 3.07. The summed E-state index contributed by atoms with van der Waals surface area (Å²) < 4.78 is 9.79. The fourth-order valence-electron chi connectivity index (χ4n) is 0.421. The summed E-state index contributed by atoms with van der Waals surface area (Å²) in [5.74, 6) is 0.00694. The zero-order valence-electron chi connectivity index (χ0n) is 5.19. The second-order valence-corrected chi connectivity index (χ2v) is 4.13. The molecule has 0 aromatic heterocycles. The van der Waals surface area contributed by atoms with Gasteiger partial charge in [-0.2, -0.15) is 0 Å². The van der Waals surface area contributed by atoms with E-state index >= 15 is 0 Å². The van der Waals surface area contributed by atoms with Crippen LogP contribution in [-0.2, 0) is 9.47 Å². The van der Waals surface area contributed by atoms with E-state index in [1.54, 1.807) is 14.2 Å². The zero-order valence-corrected chi connectivity index (χ0v) is 7.36. The number of hydrogen-bond donors (Lipinski definition) is 0. The second-order valence-electron chi connectivity index (χ2n) is 1.38. The van der Waals surface area contributed by atoms with Gasteiger partial charge < -0.3 is 9.47 Å². The number of hydrogen-bond acceptors (Lipinski definition) is 2. The average molecular weight is 155 g/mol. The summed E-state index contributed by atoms with van der Waals surface area (Å²) in [4.78, 5) is 0. The van der Waals surface area contributed by atoms with E-state index in [1.165, 1.54) is 0 Å². The van der Waals surface area contributed by atoms with Crippen molar-refractivity contribution in [3.63, 3.8) is 0 Å². The molecule has 4 heteroatoms. The van der Waals surface area contributed by atoms with Gasteiger partial charge in [0.1, 0.15) is 15.4 Å². The molecule has 0 aliphatic heterocycles. The molecule has 0 aliphatic rings. The summed E-state index contributed by atoms with van der Waals surface area (Å²) in [5.41, 5.74) is 0.715. The van der Waals surface area contributed by atoms with Gasteiger partial charge in [-0.3, -0.25) is 0 Å². The minimum Gasteiger partial charge on any atom is -0.360 e. The van der Waals surface area contributed by atoms with Gasteiger partial charge in [-0.1, -0.05) is 0 Å². The number of alkyl halides is 1. The molecule has 8 heavy (non-hydrogen) atoms. The molecule has 0 radical (unpaired) electrons. The minimum atomic E-state index is -0.343. The first-order valence-corrected chi connectivity index (χ1v) is 4.81. The Morgan fingerprint density at radius 2 is 2.00 bits per heavy atom. The number of ether oxygens (including phenoxy) is 2. The molecule has 0 aromatic carbocycles. The van der Waals surface area contributed by atoms with E-state index in [0.717, 1.165) is 0 Å². The van der Waals surface area contributed by atoms with Crippen molar-refractivity contribution >= 4 is 21.1 Å². The minimum absolute atomic E-state index is 0.00694. The van der Waals surface area contributed by atoms with Gasteiger partial charge in [0.15, 0.2) is 0 Å². The molecule has 0 fully saturated rings. The Kier molecular flexibility index (Phi) is 5.86. The maximum absolute atomic E-state index is 5.46. The third-order valence-electron chi connectivity index (χ3n) is 0.871. The number of rotatable bonds is 4. The molecule has 2 nitrogen and oxygen atoms in total. The van der Waals surface area contributed by atoms with Crippen LogP contribution < -0.4 is 0 Å². The molecule has 0 heterocycles. The van der Waals surface area contributed by atoms with E-state index in [9.17, 15) is 0 Å². The standard InChI is InChI=1S/C4H11ClO2Si/c1-6-4(7-2)8-3-5/h4H,3,8H2,1-2H3. The van der Waals surface area contributed by atoms with Crippen molar-refractivity contribution in [1.29, 1.82) is 0 Å². The third kappa shape index (κ3) is 3.43. The van der Waals surface area contributed by atoms with Crippen LogP contribution in [0.15, 0.2) is 0 Å². The quantitative estimate of drug-likeness (QED) is 0.321. The van der Waals surface area contributed by atoms with Gasteiger partial charge in [0.05, 0.1) is 0 Å². The predicted octanol–water partition coefficient (Wildman–Crippen LogP) is -0.0721. The molecule has 0 bridgehead atoms. The normalized spacial score (nSPS) is 12.0. The van der Waals surface area contributed by atoms with Crippen LogP contribution in [0, 0.1) is 0 Å². The molecule has 0 saturated carbocycles. The smallest absolute Gasteiger partial charge is 0.135 e. The van der Waals surface area contributed by atoms with Gasteiger partial charge in [0.25, 0.3) is 0 Å². The lowest BCUT2D eigenvalue weighted by Gasteiger charge is -2.09. The van der Waals surface area contributed by atoms with Gasteiger partial charge >= 0.3 is 0 Å². The van der Waals surface area contributed by atoms with Crippen molar-refractivity contribution in [3.05, 3.63) is 0 Å². The van der Waals surface area contributed by atoms with Gasteiger partial charge in [-0.15, -0.1) is 11.6 Å². The molecule has 0 amide bonds. The van der Waals surface area contributed by atoms with Crippen LogP contribution >= 0.6 is 11.6 Å². The third-order valence-corrected chi connectivity index (χ3v) is 2.88. The first-order chi connectivity index (χ1) is 3.85.